The van der Waals surface area contributed by atoms with Crippen LogP contribution in [0.4, 0.5) is 5.82 Å². The topological polar surface area (TPSA) is 275 Å². The molecule has 0 saturated carbocycles. The predicted molar refractivity (Wildman–Crippen MR) is 134 cm³/mol. The van der Waals surface area contributed by atoms with E-state index < -0.39 is 75.7 Å². The van der Waals surface area contributed by atoms with Crippen molar-refractivity contribution < 1.29 is 48.4 Å². The van der Waals surface area contributed by atoms with E-state index in [-0.39, 0.29) is 17.0 Å². The van der Waals surface area contributed by atoms with Crippen molar-refractivity contribution in [1.29, 1.82) is 0 Å². The van der Waals surface area contributed by atoms with E-state index in [1.54, 1.807) is 6.07 Å². The summed E-state index contributed by atoms with van der Waals surface area (Å²) >= 11 is 0. The summed E-state index contributed by atoms with van der Waals surface area (Å²) in [7, 11) is -5.01. The number of hydrogen-bond acceptors (Lipinski definition) is 15. The van der Waals surface area contributed by atoms with E-state index in [1.807, 2.05) is 0 Å². The van der Waals surface area contributed by atoms with Crippen LogP contribution in [-0.2, 0) is 23.1 Å². The highest BCUT2D eigenvalue weighted by atomic mass is 31.2. The largest absolute Gasteiger partial charge is 0.472 e. The zero-order valence-corrected chi connectivity index (χ0v) is 21.7. The third-order valence-corrected chi connectivity index (χ3v) is 7.93. The summed E-state index contributed by atoms with van der Waals surface area (Å²) in [5.41, 5.74) is 5.58. The van der Waals surface area contributed by atoms with Gasteiger partial charge in [0, 0.05) is 6.20 Å². The fourth-order valence-electron chi connectivity index (χ4n) is 4.90. The van der Waals surface area contributed by atoms with Crippen molar-refractivity contribution in [3.63, 3.8) is 0 Å². The minimum absolute atomic E-state index is 0.0268. The molecule has 2 aliphatic rings. The van der Waals surface area contributed by atoms with E-state index >= 15 is 0 Å². The Labute approximate surface area is 228 Å². The number of H-pyrrole nitrogens is 1. The lowest BCUT2D eigenvalue weighted by molar-refractivity contribution is -0.0614. The van der Waals surface area contributed by atoms with Crippen LogP contribution < -0.4 is 11.3 Å². The maximum absolute atomic E-state index is 13.0. The van der Waals surface area contributed by atoms with Gasteiger partial charge < -0.3 is 50.1 Å². The average molecular weight is 596 g/mol. The molecule has 4 aromatic rings. The number of phosphoric acid groups is 1. The van der Waals surface area contributed by atoms with Crippen molar-refractivity contribution in [2.75, 3.05) is 18.9 Å². The number of ether oxygens (including phenoxy) is 2. The molecule has 19 nitrogen and oxygen atoms in total. The van der Waals surface area contributed by atoms with Gasteiger partial charge in [0.15, 0.2) is 23.6 Å². The third kappa shape index (κ3) is 4.81. The first-order valence-electron chi connectivity index (χ1n) is 12.2. The van der Waals surface area contributed by atoms with Crippen molar-refractivity contribution in [1.82, 2.24) is 34.1 Å². The number of aliphatic hydroxyl groups excluding tert-OH is 4. The molecule has 0 radical (unpaired) electrons. The standard InChI is InChI=1S/C21H25N8O11P/c22-16-8-1-2-28(17(8)24-5-23-16)20-14(33)12(31)10(39-20)4-37-41(35,36)40-15-13(32)9(3-30)38-21(15)29-7-27-11-18(29)25-6-26-19(11)34/h1-2,5-7,9-10,12-15,20-21,30-33H,3-4H2,(H,35,36)(H2,22,23,24)(H,25,26,34)/t9?,10-,12-,13-,14-,15-,20-,21-/m1/s1. The van der Waals surface area contributed by atoms with E-state index in [2.05, 4.69) is 24.9 Å². The summed E-state index contributed by atoms with van der Waals surface area (Å²) in [6.45, 7) is -1.37. The molecule has 0 aliphatic carbocycles. The van der Waals surface area contributed by atoms with Crippen LogP contribution in [-0.4, -0.2) is 109 Å². The summed E-state index contributed by atoms with van der Waals surface area (Å²) in [5.74, 6) is 0.200. The molecule has 220 valence electrons. The second-order valence-corrected chi connectivity index (χ2v) is 10.8. The summed E-state index contributed by atoms with van der Waals surface area (Å²) < 4.78 is 37.3. The highest BCUT2D eigenvalue weighted by Gasteiger charge is 2.50. The van der Waals surface area contributed by atoms with Crippen molar-refractivity contribution >= 4 is 35.8 Å². The van der Waals surface area contributed by atoms with E-state index in [0.29, 0.717) is 11.0 Å². The number of imidazole rings is 1. The molecular weight excluding hydrogens is 571 g/mol. The fourth-order valence-corrected chi connectivity index (χ4v) is 5.83. The van der Waals surface area contributed by atoms with Gasteiger partial charge in [-0.25, -0.2) is 24.5 Å². The monoisotopic (exact) mass is 596 g/mol. The van der Waals surface area contributed by atoms with Crippen LogP contribution in [0.3, 0.4) is 0 Å². The Hall–Kier alpha value is -3.36. The molecule has 6 rings (SSSR count). The zero-order valence-electron chi connectivity index (χ0n) is 20.8. The number of nitrogens with zero attached hydrogens (tertiary/aromatic N) is 6. The number of phosphoric ester groups is 1. The van der Waals surface area contributed by atoms with Gasteiger partial charge >= 0.3 is 7.82 Å². The minimum Gasteiger partial charge on any atom is -0.394 e. The lowest BCUT2D eigenvalue weighted by atomic mass is 10.1. The number of hydrogen-bond donors (Lipinski definition) is 7. The fraction of sp³-hybridized carbons (Fsp3) is 0.476. The van der Waals surface area contributed by atoms with Gasteiger partial charge in [0.2, 0.25) is 0 Å². The zero-order chi connectivity index (χ0) is 29.1. The summed E-state index contributed by atoms with van der Waals surface area (Å²) in [4.78, 5) is 40.9. The number of aromatic amines is 1. The molecule has 2 unspecified atom stereocenters. The normalized spacial score (nSPS) is 31.7. The van der Waals surface area contributed by atoms with Crippen LogP contribution in [0.25, 0.3) is 22.2 Å². The Kier molecular flexibility index (Phi) is 7.10. The Morgan fingerprint density at radius 2 is 1.80 bits per heavy atom. The van der Waals surface area contributed by atoms with Gasteiger partial charge in [0.1, 0.15) is 54.4 Å². The predicted octanol–water partition coefficient (Wildman–Crippen LogP) is -2.48. The minimum atomic E-state index is -5.01. The first-order chi connectivity index (χ1) is 19.6. The van der Waals surface area contributed by atoms with Crippen LogP contribution in [0.2, 0.25) is 0 Å². The second kappa shape index (κ2) is 10.5. The average Bonchev–Trinajstić information content (AvgIpc) is 3.70. The number of anilines is 1. The van der Waals surface area contributed by atoms with Gasteiger partial charge in [-0.05, 0) is 6.07 Å². The molecule has 0 spiro atoms. The van der Waals surface area contributed by atoms with Gasteiger partial charge in [0.25, 0.3) is 5.56 Å². The third-order valence-electron chi connectivity index (χ3n) is 6.94. The first kappa shape index (κ1) is 27.8. The Morgan fingerprint density at radius 1 is 1.02 bits per heavy atom. The molecule has 0 amide bonds. The first-order valence-corrected chi connectivity index (χ1v) is 13.7. The van der Waals surface area contributed by atoms with Gasteiger partial charge in [0.05, 0.1) is 31.3 Å². The van der Waals surface area contributed by atoms with Gasteiger partial charge in [-0.3, -0.25) is 18.4 Å². The highest BCUT2D eigenvalue weighted by molar-refractivity contribution is 7.47. The molecule has 9 atom stereocenters. The number of fused-ring (bicyclic) bond motifs is 2. The summed E-state index contributed by atoms with van der Waals surface area (Å²) in [6, 6.07) is 1.60. The number of aliphatic hydroxyl groups is 4. The molecule has 6 heterocycles. The van der Waals surface area contributed by atoms with Gasteiger partial charge in [-0.2, -0.15) is 0 Å². The molecule has 0 aromatic carbocycles. The van der Waals surface area contributed by atoms with Crippen molar-refractivity contribution in [2.45, 2.75) is 49.1 Å². The summed E-state index contributed by atoms with van der Waals surface area (Å²) in [5, 5.41) is 42.0. The number of nitrogens with one attached hydrogen (secondary N) is 1. The van der Waals surface area contributed by atoms with Crippen LogP contribution in [0.5, 0.6) is 0 Å². The molecule has 2 aliphatic heterocycles. The molecule has 2 fully saturated rings. The Morgan fingerprint density at radius 3 is 2.59 bits per heavy atom. The Bertz CT molecular complexity index is 1680. The van der Waals surface area contributed by atoms with Crippen molar-refractivity contribution in [3.8, 4) is 0 Å². The number of nitrogens with two attached hydrogens (primary N) is 1. The van der Waals surface area contributed by atoms with Crippen molar-refractivity contribution in [3.05, 3.63) is 41.6 Å². The van der Waals surface area contributed by atoms with Crippen LogP contribution in [0.1, 0.15) is 12.5 Å². The van der Waals surface area contributed by atoms with Crippen LogP contribution in [0.15, 0.2) is 36.0 Å². The molecular formula is C21H25N8O11P. The van der Waals surface area contributed by atoms with Crippen LogP contribution in [0, 0.1) is 0 Å². The molecule has 4 aromatic heterocycles. The van der Waals surface area contributed by atoms with E-state index in [4.69, 9.17) is 24.3 Å². The maximum Gasteiger partial charge on any atom is 0.472 e. The maximum atomic E-state index is 13.0. The van der Waals surface area contributed by atoms with E-state index in [0.717, 1.165) is 12.7 Å². The lowest BCUT2D eigenvalue weighted by Gasteiger charge is -2.24. The molecule has 41 heavy (non-hydrogen) atoms. The molecule has 20 heteroatoms. The second-order valence-electron chi connectivity index (χ2n) is 9.39. The van der Waals surface area contributed by atoms with Gasteiger partial charge in [-0.1, -0.05) is 0 Å². The van der Waals surface area contributed by atoms with Crippen molar-refractivity contribution in [2.24, 2.45) is 0 Å². The SMILES string of the molecule is Nc1ncnc2c1ccn2[C@@H]1O[C@H](COP(=O)(O)O[C@@H]2[C@H](O)C(CO)O[C@H]2n2cnc3c(=O)[nH]cnc32)[C@@H](O)[C@H]1O. The number of aromatic nitrogens is 7. The number of rotatable bonds is 8. The molecule has 8 N–H and O–H groups in total. The lowest BCUT2D eigenvalue weighted by Crippen LogP contribution is -2.36. The Balaban J connectivity index is 1.18. The van der Waals surface area contributed by atoms with E-state index in [1.165, 1.54) is 21.7 Å². The molecule has 2 saturated heterocycles. The quantitative estimate of drug-likeness (QED) is 0.104. The van der Waals surface area contributed by atoms with E-state index in [9.17, 15) is 34.7 Å². The number of nitrogen functional groups attached to an aromatic ring is 1. The smallest absolute Gasteiger partial charge is 0.394 e. The van der Waals surface area contributed by atoms with Crippen LogP contribution >= 0.6 is 7.82 Å². The van der Waals surface area contributed by atoms with Gasteiger partial charge in [-0.15, -0.1) is 0 Å². The highest BCUT2D eigenvalue weighted by Crippen LogP contribution is 2.50. The molecule has 0 bridgehead atoms. The summed E-state index contributed by atoms with van der Waals surface area (Å²) in [6.07, 6.45) is -6.18.